The molecule has 0 unspecified atom stereocenters. The van der Waals surface area contributed by atoms with Crippen LogP contribution < -0.4 is 0 Å². The van der Waals surface area contributed by atoms with Gasteiger partial charge in [0, 0.05) is 24.4 Å². The maximum absolute atomic E-state index is 5.95. The maximum atomic E-state index is 5.95. The zero-order chi connectivity index (χ0) is 12.8. The molecule has 4 heteroatoms. The lowest BCUT2D eigenvalue weighted by molar-refractivity contribution is 0.00342. The predicted octanol–water partition coefficient (Wildman–Crippen LogP) is 3.42. The molecule has 0 saturated heterocycles. The van der Waals surface area contributed by atoms with E-state index < -0.39 is 8.80 Å². The lowest BCUT2D eigenvalue weighted by atomic mass is 10.5. The molecule has 0 saturated carbocycles. The minimum Gasteiger partial charge on any atom is -0.371 e. The highest BCUT2D eigenvalue weighted by Gasteiger charge is 2.43. The van der Waals surface area contributed by atoms with Gasteiger partial charge in [0.05, 0.1) is 0 Å². The van der Waals surface area contributed by atoms with E-state index in [1.165, 1.54) is 0 Å². The lowest BCUT2D eigenvalue weighted by Gasteiger charge is -2.34. The van der Waals surface area contributed by atoms with Gasteiger partial charge in [-0.25, -0.2) is 0 Å². The van der Waals surface area contributed by atoms with E-state index in [-0.39, 0.29) is 18.3 Å². The molecule has 0 heterocycles. The smallest absolute Gasteiger partial charge is 0.371 e. The normalized spacial score (nSPS) is 13.1. The molecule has 0 aliphatic carbocycles. The van der Waals surface area contributed by atoms with Crippen LogP contribution in [0.4, 0.5) is 0 Å². The molecule has 0 aromatic heterocycles. The quantitative estimate of drug-likeness (QED) is 0.615. The summed E-state index contributed by atoms with van der Waals surface area (Å²) in [6.45, 7) is 16.0. The van der Waals surface area contributed by atoms with Crippen molar-refractivity contribution in [3.05, 3.63) is 6.92 Å². The third-order valence-electron chi connectivity index (χ3n) is 1.73. The molecule has 0 amide bonds. The fourth-order valence-electron chi connectivity index (χ4n) is 1.55. The molecular formula is C12H27O3Si. The maximum Gasteiger partial charge on any atom is 0.501 e. The largest absolute Gasteiger partial charge is 0.501 e. The molecule has 0 spiro atoms. The van der Waals surface area contributed by atoms with Gasteiger partial charge >= 0.3 is 8.80 Å². The van der Waals surface area contributed by atoms with Crippen LogP contribution in [0, 0.1) is 6.92 Å². The van der Waals surface area contributed by atoms with Crippen LogP contribution in [-0.2, 0) is 13.3 Å². The van der Waals surface area contributed by atoms with Crippen LogP contribution in [0.3, 0.4) is 0 Å². The van der Waals surface area contributed by atoms with Gasteiger partial charge in [-0.15, -0.1) is 0 Å². The van der Waals surface area contributed by atoms with E-state index in [4.69, 9.17) is 13.3 Å². The fraction of sp³-hybridized carbons (Fsp3) is 0.917. The van der Waals surface area contributed by atoms with Gasteiger partial charge in [-0.1, -0.05) is 6.92 Å². The summed E-state index contributed by atoms with van der Waals surface area (Å²) < 4.78 is 17.9. The monoisotopic (exact) mass is 247 g/mol. The van der Waals surface area contributed by atoms with Crippen molar-refractivity contribution in [1.29, 1.82) is 0 Å². The number of hydrogen-bond acceptors (Lipinski definition) is 3. The molecule has 97 valence electrons. The van der Waals surface area contributed by atoms with Crippen molar-refractivity contribution in [3.63, 3.8) is 0 Å². The summed E-state index contributed by atoms with van der Waals surface area (Å²) in [6, 6.07) is 0.779. The van der Waals surface area contributed by atoms with Crippen molar-refractivity contribution in [3.8, 4) is 0 Å². The van der Waals surface area contributed by atoms with Crippen LogP contribution in [0.15, 0.2) is 0 Å². The van der Waals surface area contributed by atoms with Crippen molar-refractivity contribution in [2.45, 2.75) is 72.3 Å². The van der Waals surface area contributed by atoms with Gasteiger partial charge < -0.3 is 13.3 Å². The molecule has 0 aromatic carbocycles. The summed E-state index contributed by atoms with van der Waals surface area (Å²) in [5, 5.41) is 0. The van der Waals surface area contributed by atoms with E-state index in [0.29, 0.717) is 0 Å². The summed E-state index contributed by atoms with van der Waals surface area (Å²) in [4.78, 5) is 0. The van der Waals surface area contributed by atoms with Crippen molar-refractivity contribution >= 4 is 8.80 Å². The molecule has 0 atom stereocenters. The highest BCUT2D eigenvalue weighted by atomic mass is 28.4. The Kier molecular flexibility index (Phi) is 7.47. The van der Waals surface area contributed by atoms with E-state index in [0.717, 1.165) is 12.5 Å². The zero-order valence-electron chi connectivity index (χ0n) is 11.6. The molecule has 0 aromatic rings. The van der Waals surface area contributed by atoms with E-state index in [9.17, 15) is 0 Å². The summed E-state index contributed by atoms with van der Waals surface area (Å²) in [7, 11) is -2.55. The van der Waals surface area contributed by atoms with Gasteiger partial charge in [0.2, 0.25) is 0 Å². The highest BCUT2D eigenvalue weighted by molar-refractivity contribution is 6.60. The summed E-state index contributed by atoms with van der Waals surface area (Å²) in [5.74, 6) is 0. The van der Waals surface area contributed by atoms with Crippen molar-refractivity contribution in [2.24, 2.45) is 0 Å². The first-order chi connectivity index (χ1) is 7.31. The van der Waals surface area contributed by atoms with E-state index >= 15 is 0 Å². The first kappa shape index (κ1) is 16.1. The van der Waals surface area contributed by atoms with Gasteiger partial charge in [-0.05, 0) is 48.0 Å². The number of hydrogen-bond donors (Lipinski definition) is 0. The minimum absolute atomic E-state index is 0.121. The van der Waals surface area contributed by atoms with Crippen molar-refractivity contribution < 1.29 is 13.3 Å². The number of rotatable bonds is 8. The first-order valence-corrected chi connectivity index (χ1v) is 8.07. The first-order valence-electron chi connectivity index (χ1n) is 6.14. The SMILES string of the molecule is [CH2]CC[Si](OC(C)C)(OC(C)C)OC(C)C. The van der Waals surface area contributed by atoms with Crippen LogP contribution in [0.5, 0.6) is 0 Å². The molecule has 0 rings (SSSR count). The third-order valence-corrected chi connectivity index (χ3v) is 5.19. The minimum atomic E-state index is -2.55. The molecule has 1 radical (unpaired) electrons. The predicted molar refractivity (Wildman–Crippen MR) is 69.2 cm³/mol. The second-order valence-electron chi connectivity index (χ2n) is 4.79. The van der Waals surface area contributed by atoms with Gasteiger partial charge in [0.15, 0.2) is 0 Å². The van der Waals surface area contributed by atoms with E-state index in [1.54, 1.807) is 0 Å². The molecule has 0 N–H and O–H groups in total. The topological polar surface area (TPSA) is 27.7 Å². The Morgan fingerprint density at radius 1 is 0.812 bits per heavy atom. The third kappa shape index (κ3) is 6.63. The van der Waals surface area contributed by atoms with Crippen LogP contribution in [0.25, 0.3) is 0 Å². The molecule has 16 heavy (non-hydrogen) atoms. The Morgan fingerprint density at radius 3 is 1.31 bits per heavy atom. The van der Waals surface area contributed by atoms with E-state index in [1.807, 2.05) is 41.5 Å². The summed E-state index contributed by atoms with van der Waals surface area (Å²) in [6.07, 6.45) is 1.14. The Hall–Kier alpha value is 0.0969. The second-order valence-corrected chi connectivity index (χ2v) is 7.36. The standard InChI is InChI=1S/C12H27O3Si/c1-8-9-16(13-10(2)3,14-11(4)5)15-12(6)7/h10-12H,1,8-9H2,2-7H3. The average molecular weight is 247 g/mol. The summed E-state index contributed by atoms with van der Waals surface area (Å²) in [5.41, 5.74) is 0. The van der Waals surface area contributed by atoms with E-state index in [2.05, 4.69) is 6.92 Å². The summed E-state index contributed by atoms with van der Waals surface area (Å²) >= 11 is 0. The van der Waals surface area contributed by atoms with Gasteiger partial charge in [-0.3, -0.25) is 0 Å². The van der Waals surface area contributed by atoms with Gasteiger partial charge in [0.25, 0.3) is 0 Å². The highest BCUT2D eigenvalue weighted by Crippen LogP contribution is 2.23. The molecule has 0 bridgehead atoms. The zero-order valence-corrected chi connectivity index (χ0v) is 12.6. The van der Waals surface area contributed by atoms with Crippen LogP contribution in [0.2, 0.25) is 6.04 Å². The van der Waals surface area contributed by atoms with Crippen LogP contribution >= 0.6 is 0 Å². The molecule has 0 aliphatic rings. The van der Waals surface area contributed by atoms with Crippen LogP contribution in [-0.4, -0.2) is 27.1 Å². The van der Waals surface area contributed by atoms with Gasteiger partial charge in [0.1, 0.15) is 0 Å². The Labute approximate surface area is 102 Å². The Bertz CT molecular complexity index is 155. The second kappa shape index (κ2) is 7.43. The van der Waals surface area contributed by atoms with Crippen LogP contribution in [0.1, 0.15) is 48.0 Å². The Morgan fingerprint density at radius 2 is 1.12 bits per heavy atom. The lowest BCUT2D eigenvalue weighted by Crippen LogP contribution is -2.50. The Balaban J connectivity index is 4.72. The molecule has 0 aliphatic heterocycles. The molecule has 3 nitrogen and oxygen atoms in total. The fourth-order valence-corrected chi connectivity index (χ4v) is 4.66. The van der Waals surface area contributed by atoms with Crippen molar-refractivity contribution in [1.82, 2.24) is 0 Å². The van der Waals surface area contributed by atoms with Gasteiger partial charge in [-0.2, -0.15) is 0 Å². The van der Waals surface area contributed by atoms with Crippen molar-refractivity contribution in [2.75, 3.05) is 0 Å². The molecular weight excluding hydrogens is 220 g/mol. The molecule has 0 fully saturated rings. The average Bonchev–Trinajstić information content (AvgIpc) is 1.98.